The third-order valence-electron chi connectivity index (χ3n) is 2.79. The molecule has 7 heteroatoms. The van der Waals surface area contributed by atoms with Crippen LogP contribution in [0.3, 0.4) is 0 Å². The summed E-state index contributed by atoms with van der Waals surface area (Å²) in [6, 6.07) is 5.73. The summed E-state index contributed by atoms with van der Waals surface area (Å²) in [5.74, 6) is -0.713. The van der Waals surface area contributed by atoms with Crippen LogP contribution in [-0.2, 0) is 14.3 Å². The number of epoxide rings is 1. The summed E-state index contributed by atoms with van der Waals surface area (Å²) < 4.78 is 15.4. The molecule has 2 unspecified atom stereocenters. The number of hydrogen-bond donors (Lipinski definition) is 0. The number of rotatable bonds is 7. The summed E-state index contributed by atoms with van der Waals surface area (Å²) >= 11 is 0. The Balaban J connectivity index is 1.99. The molecule has 7 nitrogen and oxygen atoms in total. The zero-order chi connectivity index (χ0) is 14.5. The van der Waals surface area contributed by atoms with E-state index >= 15 is 0 Å². The van der Waals surface area contributed by atoms with Gasteiger partial charge in [-0.2, -0.15) is 0 Å². The summed E-state index contributed by atoms with van der Waals surface area (Å²) in [7, 11) is 0. The van der Waals surface area contributed by atoms with E-state index in [-0.39, 0.29) is 17.5 Å². The maximum Gasteiger partial charge on any atom is 0.340 e. The van der Waals surface area contributed by atoms with Crippen molar-refractivity contribution >= 4 is 11.7 Å². The maximum absolute atomic E-state index is 11.9. The van der Waals surface area contributed by atoms with E-state index < -0.39 is 17.0 Å². The van der Waals surface area contributed by atoms with Gasteiger partial charge in [-0.05, 0) is 12.5 Å². The van der Waals surface area contributed by atoms with Crippen LogP contribution >= 0.6 is 0 Å². The lowest BCUT2D eigenvalue weighted by Crippen LogP contribution is -2.29. The molecule has 1 heterocycles. The highest BCUT2D eigenvalue weighted by atomic mass is 16.6. The third-order valence-corrected chi connectivity index (χ3v) is 2.79. The topological polar surface area (TPSA) is 91.2 Å². The smallest absolute Gasteiger partial charge is 0.340 e. The van der Waals surface area contributed by atoms with Crippen molar-refractivity contribution < 1.29 is 23.9 Å². The van der Waals surface area contributed by atoms with E-state index in [4.69, 9.17) is 14.2 Å². The third kappa shape index (κ3) is 3.75. The fourth-order valence-electron chi connectivity index (χ4n) is 1.61. The molecule has 108 valence electrons. The van der Waals surface area contributed by atoms with Gasteiger partial charge in [-0.3, -0.25) is 10.1 Å². The molecule has 1 aliphatic heterocycles. The molecular formula is C13H15NO6. The van der Waals surface area contributed by atoms with Gasteiger partial charge in [-0.25, -0.2) is 4.79 Å². The molecule has 20 heavy (non-hydrogen) atoms. The van der Waals surface area contributed by atoms with Crippen LogP contribution in [0.2, 0.25) is 0 Å². The fraction of sp³-hybridized carbons (Fsp3) is 0.462. The molecule has 1 aromatic rings. The van der Waals surface area contributed by atoms with Crippen LogP contribution in [0, 0.1) is 10.1 Å². The van der Waals surface area contributed by atoms with E-state index in [1.165, 1.54) is 18.2 Å². The van der Waals surface area contributed by atoms with Gasteiger partial charge in [0.1, 0.15) is 6.10 Å². The van der Waals surface area contributed by atoms with Crippen molar-refractivity contribution in [1.29, 1.82) is 0 Å². The van der Waals surface area contributed by atoms with Gasteiger partial charge in [0.2, 0.25) is 5.75 Å². The molecule has 0 aromatic heterocycles. The number of ether oxygens (including phenoxy) is 3. The fourth-order valence-corrected chi connectivity index (χ4v) is 1.61. The van der Waals surface area contributed by atoms with Gasteiger partial charge in [-0.1, -0.05) is 19.1 Å². The molecule has 0 bridgehead atoms. The van der Waals surface area contributed by atoms with E-state index in [1.807, 2.05) is 0 Å². The van der Waals surface area contributed by atoms with Gasteiger partial charge >= 0.3 is 11.7 Å². The first-order chi connectivity index (χ1) is 9.61. The van der Waals surface area contributed by atoms with E-state index in [0.717, 1.165) is 0 Å². The predicted octanol–water partition coefficient (Wildman–Crippen LogP) is 1.69. The Morgan fingerprint density at radius 2 is 2.25 bits per heavy atom. The van der Waals surface area contributed by atoms with Gasteiger partial charge in [0.05, 0.1) is 18.1 Å². The number of nitro benzene ring substituents is 1. The van der Waals surface area contributed by atoms with Crippen molar-refractivity contribution in [2.45, 2.75) is 25.6 Å². The lowest BCUT2D eigenvalue weighted by atomic mass is 10.2. The minimum Gasteiger partial charge on any atom is -0.417 e. The van der Waals surface area contributed by atoms with Crippen molar-refractivity contribution in [3.8, 4) is 5.75 Å². The zero-order valence-electron chi connectivity index (χ0n) is 11.0. The Hall–Kier alpha value is -1.99. The minimum absolute atomic E-state index is 0.0444. The first-order valence-electron chi connectivity index (χ1n) is 6.30. The van der Waals surface area contributed by atoms with Gasteiger partial charge in [0.15, 0.2) is 6.10 Å². The molecule has 0 aliphatic carbocycles. The number of nitro groups is 1. The van der Waals surface area contributed by atoms with Gasteiger partial charge in [0, 0.05) is 6.07 Å². The van der Waals surface area contributed by atoms with Crippen LogP contribution in [0.4, 0.5) is 5.69 Å². The van der Waals surface area contributed by atoms with Crippen molar-refractivity contribution in [2.24, 2.45) is 0 Å². The molecule has 1 fully saturated rings. The molecule has 0 N–H and O–H groups in total. The summed E-state index contributed by atoms with van der Waals surface area (Å²) in [5, 5.41) is 10.8. The summed E-state index contributed by atoms with van der Waals surface area (Å²) in [5.41, 5.74) is -0.249. The monoisotopic (exact) mass is 281 g/mol. The zero-order valence-corrected chi connectivity index (χ0v) is 11.0. The second-order valence-electron chi connectivity index (χ2n) is 4.33. The Morgan fingerprint density at radius 3 is 2.85 bits per heavy atom. The Bertz CT molecular complexity index is 499. The number of carbonyl (C=O) groups excluding carboxylic acids is 1. The van der Waals surface area contributed by atoms with Gasteiger partial charge < -0.3 is 14.2 Å². The summed E-state index contributed by atoms with van der Waals surface area (Å²) in [6.07, 6.45) is -0.284. The minimum atomic E-state index is -0.751. The molecular weight excluding hydrogens is 266 g/mol. The number of esters is 1. The quantitative estimate of drug-likeness (QED) is 0.248. The molecule has 2 rings (SSSR count). The Labute approximate surface area is 115 Å². The molecule has 1 saturated heterocycles. The van der Waals surface area contributed by atoms with Crippen LogP contribution in [0.15, 0.2) is 24.3 Å². The largest absolute Gasteiger partial charge is 0.417 e. The molecule has 0 amide bonds. The first kappa shape index (κ1) is 14.4. The van der Waals surface area contributed by atoms with E-state index in [2.05, 4.69) is 0 Å². The first-order valence-corrected chi connectivity index (χ1v) is 6.30. The van der Waals surface area contributed by atoms with E-state index in [1.54, 1.807) is 13.0 Å². The maximum atomic E-state index is 11.9. The number of para-hydroxylation sites is 2. The lowest BCUT2D eigenvalue weighted by molar-refractivity contribution is -0.385. The van der Waals surface area contributed by atoms with Crippen molar-refractivity contribution in [3.05, 3.63) is 34.4 Å². The molecule has 0 saturated carbocycles. The standard InChI is InChI=1S/C13H15NO6/c1-2-11(19-8-9-7-18-9)13(15)20-12-6-4-3-5-10(12)14(16)17/h3-6,9,11H,2,7-8H2,1H3. The van der Waals surface area contributed by atoms with E-state index in [9.17, 15) is 14.9 Å². The second kappa shape index (κ2) is 6.44. The molecule has 1 aromatic carbocycles. The van der Waals surface area contributed by atoms with Gasteiger partial charge in [-0.15, -0.1) is 0 Å². The normalized spacial score (nSPS) is 18.4. The van der Waals surface area contributed by atoms with E-state index in [0.29, 0.717) is 19.6 Å². The van der Waals surface area contributed by atoms with Gasteiger partial charge in [0.25, 0.3) is 0 Å². The summed E-state index contributed by atoms with van der Waals surface area (Å²) in [6.45, 7) is 2.74. The van der Waals surface area contributed by atoms with Crippen LogP contribution in [0.1, 0.15) is 13.3 Å². The predicted molar refractivity (Wildman–Crippen MR) is 68.5 cm³/mol. The van der Waals surface area contributed by atoms with Crippen molar-refractivity contribution in [1.82, 2.24) is 0 Å². The van der Waals surface area contributed by atoms with Crippen molar-refractivity contribution in [2.75, 3.05) is 13.2 Å². The van der Waals surface area contributed by atoms with Crippen LogP contribution in [-0.4, -0.2) is 36.3 Å². The highest BCUT2D eigenvalue weighted by molar-refractivity contribution is 5.78. The van der Waals surface area contributed by atoms with Crippen LogP contribution in [0.5, 0.6) is 5.75 Å². The van der Waals surface area contributed by atoms with Crippen molar-refractivity contribution in [3.63, 3.8) is 0 Å². The SMILES string of the molecule is CCC(OCC1CO1)C(=O)Oc1ccccc1[N+](=O)[O-]. The molecule has 0 radical (unpaired) electrons. The molecule has 2 atom stereocenters. The van der Waals surface area contributed by atoms with Crippen LogP contribution in [0.25, 0.3) is 0 Å². The molecule has 0 spiro atoms. The number of benzene rings is 1. The average molecular weight is 281 g/mol. The highest BCUT2D eigenvalue weighted by Crippen LogP contribution is 2.26. The number of hydrogen-bond acceptors (Lipinski definition) is 6. The second-order valence-corrected chi connectivity index (χ2v) is 4.33. The summed E-state index contributed by atoms with van der Waals surface area (Å²) in [4.78, 5) is 22.2. The molecule has 1 aliphatic rings. The lowest BCUT2D eigenvalue weighted by Gasteiger charge is -2.14. The highest BCUT2D eigenvalue weighted by Gasteiger charge is 2.28. The van der Waals surface area contributed by atoms with Crippen LogP contribution < -0.4 is 4.74 Å². The Kier molecular flexibility index (Phi) is 4.65. The average Bonchev–Trinajstić information content (AvgIpc) is 3.24. The number of carbonyl (C=O) groups is 1. The number of nitrogens with zero attached hydrogens (tertiary/aromatic N) is 1. The Morgan fingerprint density at radius 1 is 1.55 bits per heavy atom.